The van der Waals surface area contributed by atoms with Crippen molar-refractivity contribution >= 4 is 15.9 Å². The van der Waals surface area contributed by atoms with Crippen LogP contribution in [0.1, 0.15) is 149 Å². The van der Waals surface area contributed by atoms with E-state index in [-0.39, 0.29) is 6.29 Å². The molecule has 0 aliphatic carbocycles. The van der Waals surface area contributed by atoms with Crippen molar-refractivity contribution in [3.05, 3.63) is 12.2 Å². The second-order valence-corrected chi connectivity index (χ2v) is 10.1. The summed E-state index contributed by atoms with van der Waals surface area (Å²) in [4.78, 5) is 0. The van der Waals surface area contributed by atoms with Gasteiger partial charge in [0.05, 0.1) is 0 Å². The van der Waals surface area contributed by atoms with Crippen molar-refractivity contribution in [3.63, 3.8) is 0 Å². The topological polar surface area (TPSA) is 18.5 Å². The largest absolute Gasteiger partial charge is 0.353 e. The number of halogens is 1. The van der Waals surface area contributed by atoms with Crippen LogP contribution in [0.5, 0.6) is 0 Å². The molecule has 32 heavy (non-hydrogen) atoms. The van der Waals surface area contributed by atoms with Gasteiger partial charge < -0.3 is 9.47 Å². The fourth-order valence-corrected chi connectivity index (χ4v) is 4.27. The Hall–Kier alpha value is 0.140. The standard InChI is InChI=1S/C29H57BrO2/c1-3-5-7-9-15-19-23-27-31-29(32-28-24-20-16-10-8-6-4-2)25-21-17-13-11-12-14-18-22-26-30/h12,14,29H,3-11,13,15-28H2,1-2H3/b14-12-. The highest BCUT2D eigenvalue weighted by atomic mass is 79.9. The van der Waals surface area contributed by atoms with Gasteiger partial charge in [-0.3, -0.25) is 0 Å². The van der Waals surface area contributed by atoms with E-state index in [0.29, 0.717) is 0 Å². The van der Waals surface area contributed by atoms with Gasteiger partial charge in [0.25, 0.3) is 0 Å². The van der Waals surface area contributed by atoms with E-state index in [1.54, 1.807) is 0 Å². The number of rotatable bonds is 27. The molecule has 192 valence electrons. The molecule has 0 radical (unpaired) electrons. The van der Waals surface area contributed by atoms with E-state index < -0.39 is 0 Å². The maximum absolute atomic E-state index is 6.16. The smallest absolute Gasteiger partial charge is 0.157 e. The quantitative estimate of drug-likeness (QED) is 0.0467. The lowest BCUT2D eigenvalue weighted by molar-refractivity contribution is -0.148. The van der Waals surface area contributed by atoms with Crippen molar-refractivity contribution in [2.24, 2.45) is 0 Å². The van der Waals surface area contributed by atoms with Crippen LogP contribution in [-0.4, -0.2) is 24.8 Å². The molecule has 0 atom stereocenters. The van der Waals surface area contributed by atoms with E-state index in [2.05, 4.69) is 41.9 Å². The molecule has 0 N–H and O–H groups in total. The zero-order chi connectivity index (χ0) is 23.4. The SMILES string of the molecule is CCCCCCCCCOC(CCCCC/C=C\CCCBr)OCCCCCCCCC. The predicted molar refractivity (Wildman–Crippen MR) is 147 cm³/mol. The fraction of sp³-hybridized carbons (Fsp3) is 0.931. The van der Waals surface area contributed by atoms with E-state index in [1.165, 1.54) is 128 Å². The van der Waals surface area contributed by atoms with Crippen molar-refractivity contribution in [2.45, 2.75) is 155 Å². The first kappa shape index (κ1) is 32.1. The first-order chi connectivity index (χ1) is 15.8. The molecule has 0 aromatic carbocycles. The maximum atomic E-state index is 6.16. The minimum absolute atomic E-state index is 0.0182. The van der Waals surface area contributed by atoms with Gasteiger partial charge in [0.15, 0.2) is 6.29 Å². The highest BCUT2D eigenvalue weighted by Crippen LogP contribution is 2.14. The monoisotopic (exact) mass is 516 g/mol. The Balaban J connectivity index is 3.89. The fourth-order valence-electron chi connectivity index (χ4n) is 3.94. The molecule has 0 aromatic rings. The van der Waals surface area contributed by atoms with Crippen LogP contribution in [0, 0.1) is 0 Å². The van der Waals surface area contributed by atoms with Gasteiger partial charge in [-0.15, -0.1) is 0 Å². The third-order valence-electron chi connectivity index (χ3n) is 6.08. The number of allylic oxidation sites excluding steroid dienone is 2. The van der Waals surface area contributed by atoms with Crippen molar-refractivity contribution in [1.29, 1.82) is 0 Å². The lowest BCUT2D eigenvalue weighted by Crippen LogP contribution is -2.19. The van der Waals surface area contributed by atoms with Crippen LogP contribution in [0.3, 0.4) is 0 Å². The van der Waals surface area contributed by atoms with Gasteiger partial charge in [-0.25, -0.2) is 0 Å². The number of ether oxygens (including phenoxy) is 2. The predicted octanol–water partition coefficient (Wildman–Crippen LogP) is 10.5. The molecule has 0 aliphatic rings. The van der Waals surface area contributed by atoms with Gasteiger partial charge in [0, 0.05) is 18.5 Å². The summed E-state index contributed by atoms with van der Waals surface area (Å²) in [6, 6.07) is 0. The van der Waals surface area contributed by atoms with Crippen molar-refractivity contribution in [2.75, 3.05) is 18.5 Å². The summed E-state index contributed by atoms with van der Waals surface area (Å²) in [6.45, 7) is 6.30. The Kier molecular flexibility index (Phi) is 29.3. The van der Waals surface area contributed by atoms with Crippen molar-refractivity contribution < 1.29 is 9.47 Å². The molecule has 0 saturated carbocycles. The molecule has 0 amide bonds. The normalized spacial score (nSPS) is 11.9. The summed E-state index contributed by atoms with van der Waals surface area (Å²) in [5.41, 5.74) is 0. The van der Waals surface area contributed by atoms with Gasteiger partial charge in [0.1, 0.15) is 0 Å². The summed E-state index contributed by atoms with van der Waals surface area (Å²) in [7, 11) is 0. The molecular formula is C29H57BrO2. The minimum atomic E-state index is 0.0182. The third kappa shape index (κ3) is 26.4. The molecule has 0 heterocycles. The number of alkyl halides is 1. The molecule has 0 unspecified atom stereocenters. The van der Waals surface area contributed by atoms with E-state index in [9.17, 15) is 0 Å². The molecule has 0 rings (SSSR count). The van der Waals surface area contributed by atoms with Crippen LogP contribution in [0.2, 0.25) is 0 Å². The van der Waals surface area contributed by atoms with E-state index in [1.807, 2.05) is 0 Å². The van der Waals surface area contributed by atoms with Crippen LogP contribution in [0.4, 0.5) is 0 Å². The van der Waals surface area contributed by atoms with Gasteiger partial charge >= 0.3 is 0 Å². The Morgan fingerprint density at radius 2 is 0.969 bits per heavy atom. The molecule has 3 heteroatoms. The molecule has 0 aliphatic heterocycles. The first-order valence-corrected chi connectivity index (χ1v) is 15.4. The van der Waals surface area contributed by atoms with E-state index >= 15 is 0 Å². The van der Waals surface area contributed by atoms with Crippen LogP contribution in [0.15, 0.2) is 12.2 Å². The Bertz CT molecular complexity index is 339. The summed E-state index contributed by atoms with van der Waals surface area (Å²) in [6.07, 6.45) is 31.9. The van der Waals surface area contributed by atoms with Crippen molar-refractivity contribution in [1.82, 2.24) is 0 Å². The zero-order valence-corrected chi connectivity index (χ0v) is 23.5. The third-order valence-corrected chi connectivity index (χ3v) is 6.65. The summed E-state index contributed by atoms with van der Waals surface area (Å²) in [5, 5.41) is 1.11. The van der Waals surface area contributed by atoms with Crippen LogP contribution >= 0.6 is 15.9 Å². The Morgan fingerprint density at radius 3 is 1.47 bits per heavy atom. The zero-order valence-electron chi connectivity index (χ0n) is 21.9. The van der Waals surface area contributed by atoms with Crippen LogP contribution in [-0.2, 0) is 9.47 Å². The highest BCUT2D eigenvalue weighted by molar-refractivity contribution is 9.09. The lowest BCUT2D eigenvalue weighted by atomic mass is 10.1. The number of hydrogen-bond donors (Lipinski definition) is 0. The summed E-state index contributed by atoms with van der Waals surface area (Å²) >= 11 is 3.49. The Morgan fingerprint density at radius 1 is 0.531 bits per heavy atom. The average molecular weight is 518 g/mol. The lowest BCUT2D eigenvalue weighted by Gasteiger charge is -2.19. The Labute approximate surface area is 210 Å². The molecular weight excluding hydrogens is 460 g/mol. The molecule has 2 nitrogen and oxygen atoms in total. The summed E-state index contributed by atoms with van der Waals surface area (Å²) in [5.74, 6) is 0. The van der Waals surface area contributed by atoms with Crippen molar-refractivity contribution in [3.8, 4) is 0 Å². The second kappa shape index (κ2) is 29.2. The van der Waals surface area contributed by atoms with Crippen LogP contribution < -0.4 is 0 Å². The average Bonchev–Trinajstić information content (AvgIpc) is 2.80. The van der Waals surface area contributed by atoms with Gasteiger partial charge in [-0.1, -0.05) is 125 Å². The second-order valence-electron chi connectivity index (χ2n) is 9.35. The molecule has 0 saturated heterocycles. The van der Waals surface area contributed by atoms with Gasteiger partial charge in [-0.2, -0.15) is 0 Å². The molecule has 0 fully saturated rings. The summed E-state index contributed by atoms with van der Waals surface area (Å²) < 4.78 is 12.3. The van der Waals surface area contributed by atoms with E-state index in [4.69, 9.17) is 9.47 Å². The van der Waals surface area contributed by atoms with E-state index in [0.717, 1.165) is 25.0 Å². The first-order valence-electron chi connectivity index (χ1n) is 14.3. The maximum Gasteiger partial charge on any atom is 0.157 e. The molecule has 0 spiro atoms. The highest BCUT2D eigenvalue weighted by Gasteiger charge is 2.09. The minimum Gasteiger partial charge on any atom is -0.353 e. The van der Waals surface area contributed by atoms with Gasteiger partial charge in [0.2, 0.25) is 0 Å². The van der Waals surface area contributed by atoms with Gasteiger partial charge in [-0.05, 0) is 51.4 Å². The number of unbranched alkanes of at least 4 members (excludes halogenated alkanes) is 16. The number of hydrogen-bond acceptors (Lipinski definition) is 2. The molecule has 0 bridgehead atoms. The molecule has 0 aromatic heterocycles. The van der Waals surface area contributed by atoms with Crippen LogP contribution in [0.25, 0.3) is 0 Å².